The predicted octanol–water partition coefficient (Wildman–Crippen LogP) is 6.73. The topological polar surface area (TPSA) is 75.7 Å². The first-order valence-corrected chi connectivity index (χ1v) is 14.6. The summed E-state index contributed by atoms with van der Waals surface area (Å²) in [6.07, 6.45) is -5.38. The molecule has 0 bridgehead atoms. The zero-order valence-electron chi connectivity index (χ0n) is 23.0. The van der Waals surface area contributed by atoms with E-state index in [1.54, 1.807) is 11.0 Å². The lowest BCUT2D eigenvalue weighted by Crippen LogP contribution is -2.26. The van der Waals surface area contributed by atoms with Gasteiger partial charge in [-0.25, -0.2) is 12.8 Å². The molecular formula is C30H32F4N2O4S. The van der Waals surface area contributed by atoms with Crippen molar-refractivity contribution in [2.75, 3.05) is 11.3 Å². The van der Waals surface area contributed by atoms with E-state index < -0.39 is 28.4 Å². The Bertz CT molecular complexity index is 1510. The molecule has 1 heterocycles. The number of nitrogens with one attached hydrogen (secondary N) is 1. The molecule has 0 aromatic heterocycles. The minimum Gasteiger partial charge on any atom is -0.493 e. The van der Waals surface area contributed by atoms with E-state index in [-0.39, 0.29) is 53.6 Å². The van der Waals surface area contributed by atoms with Crippen LogP contribution in [0.3, 0.4) is 0 Å². The quantitative estimate of drug-likeness (QED) is 0.221. The lowest BCUT2D eigenvalue weighted by molar-refractivity contribution is -0.136. The van der Waals surface area contributed by atoms with Crippen molar-refractivity contribution in [3.8, 4) is 5.75 Å². The molecule has 0 unspecified atom stereocenters. The molecule has 220 valence electrons. The monoisotopic (exact) mass is 592 g/mol. The number of hydrogen-bond donors (Lipinski definition) is 1. The van der Waals surface area contributed by atoms with Crippen LogP contribution in [-0.4, -0.2) is 32.0 Å². The Morgan fingerprint density at radius 2 is 1.63 bits per heavy atom. The van der Waals surface area contributed by atoms with E-state index in [9.17, 15) is 30.8 Å². The van der Waals surface area contributed by atoms with Crippen LogP contribution in [0.1, 0.15) is 55.9 Å². The van der Waals surface area contributed by atoms with Crippen molar-refractivity contribution < 1.29 is 35.5 Å². The van der Waals surface area contributed by atoms with Gasteiger partial charge in [0.05, 0.1) is 23.6 Å². The molecule has 41 heavy (non-hydrogen) atoms. The molecule has 0 fully saturated rings. The average molecular weight is 593 g/mol. The molecule has 4 rings (SSSR count). The molecule has 0 saturated heterocycles. The first-order valence-electron chi connectivity index (χ1n) is 13.1. The second-order valence-electron chi connectivity index (χ2n) is 11.1. The second kappa shape index (κ2) is 11.7. The summed E-state index contributed by atoms with van der Waals surface area (Å²) in [5.74, 6) is -1.02. The number of amides is 1. The van der Waals surface area contributed by atoms with Crippen LogP contribution in [-0.2, 0) is 39.7 Å². The van der Waals surface area contributed by atoms with Gasteiger partial charge >= 0.3 is 6.18 Å². The van der Waals surface area contributed by atoms with Gasteiger partial charge < -0.3 is 9.64 Å². The average Bonchev–Trinajstić information content (AvgIpc) is 3.31. The molecule has 0 radical (unpaired) electrons. The third-order valence-electron chi connectivity index (χ3n) is 6.80. The van der Waals surface area contributed by atoms with Crippen molar-refractivity contribution in [2.45, 2.75) is 69.6 Å². The van der Waals surface area contributed by atoms with Crippen LogP contribution in [0.15, 0.2) is 65.6 Å². The van der Waals surface area contributed by atoms with Crippen molar-refractivity contribution in [2.24, 2.45) is 0 Å². The van der Waals surface area contributed by atoms with Crippen LogP contribution in [0.25, 0.3) is 0 Å². The van der Waals surface area contributed by atoms with Crippen molar-refractivity contribution in [1.82, 2.24) is 4.90 Å². The number of ether oxygens (including phenoxy) is 1. The van der Waals surface area contributed by atoms with Crippen LogP contribution in [0.2, 0.25) is 0 Å². The minimum atomic E-state index is -4.30. The molecule has 0 atom stereocenters. The third kappa shape index (κ3) is 8.00. The van der Waals surface area contributed by atoms with Crippen LogP contribution < -0.4 is 9.46 Å². The van der Waals surface area contributed by atoms with Gasteiger partial charge in [0.25, 0.3) is 10.0 Å². The summed E-state index contributed by atoms with van der Waals surface area (Å²) in [7, 11) is -4.17. The maximum absolute atomic E-state index is 14.6. The minimum absolute atomic E-state index is 0.0118. The highest BCUT2D eigenvalue weighted by molar-refractivity contribution is 7.92. The maximum atomic E-state index is 14.6. The van der Waals surface area contributed by atoms with Gasteiger partial charge in [0, 0.05) is 25.6 Å². The van der Waals surface area contributed by atoms with Gasteiger partial charge in [-0.2, -0.15) is 13.2 Å². The summed E-state index contributed by atoms with van der Waals surface area (Å²) in [4.78, 5) is 14.6. The van der Waals surface area contributed by atoms with Crippen LogP contribution >= 0.6 is 0 Å². The van der Waals surface area contributed by atoms with E-state index >= 15 is 0 Å². The van der Waals surface area contributed by atoms with Crippen LogP contribution in [0, 0.1) is 5.82 Å². The molecule has 6 nitrogen and oxygen atoms in total. The number of nitrogens with zero attached hydrogens (tertiary/aromatic N) is 1. The molecule has 1 aliphatic rings. The smallest absolute Gasteiger partial charge is 0.389 e. The fraction of sp³-hybridized carbons (Fsp3) is 0.367. The molecule has 3 aromatic rings. The summed E-state index contributed by atoms with van der Waals surface area (Å²) >= 11 is 0. The Kier molecular flexibility index (Phi) is 8.67. The molecular weight excluding hydrogens is 560 g/mol. The summed E-state index contributed by atoms with van der Waals surface area (Å²) in [6, 6.07) is 15.8. The number of carbonyl (C=O) groups is 1. The summed E-state index contributed by atoms with van der Waals surface area (Å²) in [5.41, 5.74) is 3.27. The van der Waals surface area contributed by atoms with E-state index in [0.717, 1.165) is 23.3 Å². The first-order chi connectivity index (χ1) is 19.1. The summed E-state index contributed by atoms with van der Waals surface area (Å²) in [5, 5.41) is 0. The van der Waals surface area contributed by atoms with E-state index in [4.69, 9.17) is 4.74 Å². The van der Waals surface area contributed by atoms with E-state index in [1.807, 2.05) is 24.3 Å². The van der Waals surface area contributed by atoms with Crippen LogP contribution in [0.5, 0.6) is 5.75 Å². The van der Waals surface area contributed by atoms with Gasteiger partial charge in [-0.1, -0.05) is 51.1 Å². The highest BCUT2D eigenvalue weighted by atomic mass is 32.2. The third-order valence-corrected chi connectivity index (χ3v) is 8.16. The number of alkyl halides is 3. The van der Waals surface area contributed by atoms with Gasteiger partial charge in [-0.15, -0.1) is 0 Å². The van der Waals surface area contributed by atoms with Crippen molar-refractivity contribution >= 4 is 21.6 Å². The number of sulfonamides is 1. The molecule has 0 spiro atoms. The lowest BCUT2D eigenvalue weighted by Gasteiger charge is -2.19. The number of hydrogen-bond acceptors (Lipinski definition) is 4. The molecule has 1 N–H and O–H groups in total. The van der Waals surface area contributed by atoms with Crippen molar-refractivity contribution in [1.29, 1.82) is 0 Å². The van der Waals surface area contributed by atoms with E-state index in [0.29, 0.717) is 12.1 Å². The number of rotatable bonds is 9. The van der Waals surface area contributed by atoms with Crippen molar-refractivity contribution in [3.63, 3.8) is 0 Å². The fourth-order valence-electron chi connectivity index (χ4n) is 4.46. The molecule has 1 amide bonds. The van der Waals surface area contributed by atoms with Gasteiger partial charge in [-0.05, 0) is 58.4 Å². The largest absolute Gasteiger partial charge is 0.493 e. The maximum Gasteiger partial charge on any atom is 0.389 e. The number of anilines is 1. The molecule has 11 heteroatoms. The van der Waals surface area contributed by atoms with Crippen molar-refractivity contribution in [3.05, 3.63) is 88.7 Å². The zero-order valence-corrected chi connectivity index (χ0v) is 23.8. The first kappa shape index (κ1) is 30.4. The van der Waals surface area contributed by atoms with Gasteiger partial charge in [0.2, 0.25) is 5.91 Å². The fourth-order valence-corrected chi connectivity index (χ4v) is 5.58. The normalized spacial score (nSPS) is 13.7. The molecule has 0 saturated carbocycles. The predicted molar refractivity (Wildman–Crippen MR) is 148 cm³/mol. The zero-order chi connectivity index (χ0) is 30.0. The molecule has 3 aromatic carbocycles. The number of carbonyl (C=O) groups excluding carboxylic acids is 1. The van der Waals surface area contributed by atoms with Gasteiger partial charge in [0.15, 0.2) is 5.82 Å². The van der Waals surface area contributed by atoms with Gasteiger partial charge in [-0.3, -0.25) is 9.52 Å². The summed E-state index contributed by atoms with van der Waals surface area (Å²) < 4.78 is 84.7. The SMILES string of the molecule is CC(C)(C)c1ccc(CC(=O)N2Cc3ccc(S(=O)(=O)Nc4ccc(OCCCC(F)(F)F)cc4F)cc3C2)cc1. The Labute approximate surface area is 237 Å². The number of benzene rings is 3. The number of fused-ring (bicyclic) bond motifs is 1. The number of halogens is 4. The second-order valence-corrected chi connectivity index (χ2v) is 12.8. The highest BCUT2D eigenvalue weighted by Gasteiger charge is 2.27. The Hall–Kier alpha value is -3.60. The molecule has 1 aliphatic heterocycles. The van der Waals surface area contributed by atoms with Crippen LogP contribution in [0.4, 0.5) is 23.2 Å². The Morgan fingerprint density at radius 1 is 0.951 bits per heavy atom. The highest BCUT2D eigenvalue weighted by Crippen LogP contribution is 2.29. The Morgan fingerprint density at radius 3 is 2.27 bits per heavy atom. The van der Waals surface area contributed by atoms with E-state index in [2.05, 4.69) is 25.5 Å². The van der Waals surface area contributed by atoms with Gasteiger partial charge in [0.1, 0.15) is 5.75 Å². The van der Waals surface area contributed by atoms with E-state index in [1.165, 1.54) is 23.8 Å². The lowest BCUT2D eigenvalue weighted by atomic mass is 9.86. The summed E-state index contributed by atoms with van der Waals surface area (Å²) in [6.45, 7) is 6.72. The standard InChI is InChI=1S/C30H32F4N2O4S/c1-29(2,3)23-8-5-20(6-9-23)15-28(37)36-18-21-7-11-25(16-22(21)19-36)41(38,39)35-27-12-10-24(17-26(27)31)40-14-4-13-30(32,33)34/h5-12,16-17,35H,4,13-15,18-19H2,1-3H3. The Balaban J connectivity index is 1.37. The molecule has 0 aliphatic carbocycles.